The van der Waals surface area contributed by atoms with Gasteiger partial charge in [0.1, 0.15) is 5.75 Å². The van der Waals surface area contributed by atoms with Crippen molar-refractivity contribution in [1.29, 1.82) is 0 Å². The second-order valence-corrected chi connectivity index (χ2v) is 4.07. The summed E-state index contributed by atoms with van der Waals surface area (Å²) in [5, 5.41) is 9.43. The number of ether oxygens (including phenoxy) is 1. The Bertz CT molecular complexity index is 380. The smallest absolute Gasteiger partial charge is 0.126 e. The zero-order chi connectivity index (χ0) is 10.8. The number of aliphatic hydroxyl groups excluding tert-OH is 1. The van der Waals surface area contributed by atoms with Crippen LogP contribution in [-0.2, 0) is 0 Å². The first-order valence-electron chi connectivity index (χ1n) is 5.30. The van der Waals surface area contributed by atoms with E-state index in [4.69, 9.17) is 4.74 Å². The van der Waals surface area contributed by atoms with Crippen molar-refractivity contribution in [3.05, 3.63) is 35.9 Å². The average Bonchev–Trinajstić information content (AvgIpc) is 2.22. The summed E-state index contributed by atoms with van der Waals surface area (Å²) in [6, 6.07) is 7.97. The predicted octanol–water partition coefficient (Wildman–Crippen LogP) is 2.48. The number of benzene rings is 1. The maximum absolute atomic E-state index is 9.43. The van der Waals surface area contributed by atoms with Crippen molar-refractivity contribution in [3.8, 4) is 5.75 Å². The van der Waals surface area contributed by atoms with Crippen LogP contribution in [0.2, 0.25) is 0 Å². The molecule has 1 aromatic rings. The Hall–Kier alpha value is -1.28. The van der Waals surface area contributed by atoms with E-state index in [1.54, 1.807) is 6.92 Å². The number of fused-ring (bicyclic) bond motifs is 1. The number of para-hydroxylation sites is 1. The summed E-state index contributed by atoms with van der Waals surface area (Å²) in [7, 11) is 0. The van der Waals surface area contributed by atoms with Gasteiger partial charge in [-0.05, 0) is 18.6 Å². The monoisotopic (exact) mass is 204 g/mol. The highest BCUT2D eigenvalue weighted by atomic mass is 16.5. The van der Waals surface area contributed by atoms with Gasteiger partial charge in [-0.1, -0.05) is 31.2 Å². The normalized spacial score (nSPS) is 24.5. The molecule has 2 atom stereocenters. The summed E-state index contributed by atoms with van der Waals surface area (Å²) >= 11 is 0. The van der Waals surface area contributed by atoms with Crippen LogP contribution in [0.4, 0.5) is 0 Å². The maximum Gasteiger partial charge on any atom is 0.126 e. The van der Waals surface area contributed by atoms with Gasteiger partial charge in [0, 0.05) is 11.5 Å². The summed E-state index contributed by atoms with van der Waals surface area (Å²) < 4.78 is 5.63. The van der Waals surface area contributed by atoms with Crippen molar-refractivity contribution in [1.82, 2.24) is 0 Å². The molecule has 0 aromatic heterocycles. The maximum atomic E-state index is 9.43. The van der Waals surface area contributed by atoms with Crippen LogP contribution in [0.15, 0.2) is 30.3 Å². The van der Waals surface area contributed by atoms with Crippen LogP contribution in [0, 0.1) is 5.92 Å². The molecule has 0 saturated carbocycles. The Kier molecular flexibility index (Phi) is 2.78. The zero-order valence-electron chi connectivity index (χ0n) is 9.10. The third-order valence-corrected chi connectivity index (χ3v) is 2.64. The highest BCUT2D eigenvalue weighted by molar-refractivity contribution is 5.73. The number of aliphatic hydroxyl groups is 1. The first-order chi connectivity index (χ1) is 7.18. The van der Waals surface area contributed by atoms with Gasteiger partial charge in [0.2, 0.25) is 0 Å². The standard InChI is InChI=1S/C13H16O2/c1-9-8-15-13-6-4-3-5-11(13)12(9)7-10(2)14/h3-7,9-10,14H,8H2,1-2H3/b12-7-. The second-order valence-electron chi connectivity index (χ2n) is 4.07. The Morgan fingerprint density at radius 1 is 1.47 bits per heavy atom. The lowest BCUT2D eigenvalue weighted by atomic mass is 9.90. The van der Waals surface area contributed by atoms with Gasteiger partial charge in [-0.2, -0.15) is 0 Å². The molecule has 1 aromatic carbocycles. The largest absolute Gasteiger partial charge is 0.492 e. The van der Waals surface area contributed by atoms with E-state index in [0.717, 1.165) is 11.3 Å². The van der Waals surface area contributed by atoms with E-state index >= 15 is 0 Å². The van der Waals surface area contributed by atoms with Gasteiger partial charge in [0.05, 0.1) is 12.7 Å². The molecule has 2 rings (SSSR count). The molecule has 2 nitrogen and oxygen atoms in total. The van der Waals surface area contributed by atoms with E-state index in [0.29, 0.717) is 12.5 Å². The van der Waals surface area contributed by atoms with E-state index in [2.05, 4.69) is 6.92 Å². The molecule has 0 radical (unpaired) electrons. The van der Waals surface area contributed by atoms with Gasteiger partial charge in [0.25, 0.3) is 0 Å². The molecule has 0 spiro atoms. The summed E-state index contributed by atoms with van der Waals surface area (Å²) in [6.07, 6.45) is 1.50. The third kappa shape index (κ3) is 2.05. The first kappa shape index (κ1) is 10.2. The van der Waals surface area contributed by atoms with Crippen molar-refractivity contribution in [2.24, 2.45) is 5.92 Å². The summed E-state index contributed by atoms with van der Waals surface area (Å²) in [6.45, 7) is 4.58. The van der Waals surface area contributed by atoms with E-state index < -0.39 is 6.10 Å². The number of hydrogen-bond acceptors (Lipinski definition) is 2. The fourth-order valence-corrected chi connectivity index (χ4v) is 1.91. The molecule has 0 fully saturated rings. The van der Waals surface area contributed by atoms with Crippen LogP contribution in [0.1, 0.15) is 19.4 Å². The Balaban J connectivity index is 2.46. The molecule has 1 aliphatic heterocycles. The highest BCUT2D eigenvalue weighted by Crippen LogP contribution is 2.35. The SMILES string of the molecule is CC(O)/C=C1\c2ccccc2OCC1C. The molecule has 15 heavy (non-hydrogen) atoms. The predicted molar refractivity (Wildman–Crippen MR) is 60.8 cm³/mol. The third-order valence-electron chi connectivity index (χ3n) is 2.64. The van der Waals surface area contributed by atoms with Gasteiger partial charge in [-0.15, -0.1) is 0 Å². The van der Waals surface area contributed by atoms with Gasteiger partial charge in [-0.25, -0.2) is 0 Å². The number of hydrogen-bond donors (Lipinski definition) is 1. The lowest BCUT2D eigenvalue weighted by molar-refractivity contribution is 0.241. The minimum Gasteiger partial charge on any atom is -0.492 e. The summed E-state index contributed by atoms with van der Waals surface area (Å²) in [4.78, 5) is 0. The molecule has 1 aliphatic rings. The molecule has 2 heteroatoms. The fraction of sp³-hybridized carbons (Fsp3) is 0.385. The molecule has 2 unspecified atom stereocenters. The molecule has 0 saturated heterocycles. The fourth-order valence-electron chi connectivity index (χ4n) is 1.91. The van der Waals surface area contributed by atoms with Crippen molar-refractivity contribution in [2.75, 3.05) is 6.61 Å². The molecule has 1 N–H and O–H groups in total. The zero-order valence-corrected chi connectivity index (χ0v) is 9.10. The molecular formula is C13H16O2. The minimum absolute atomic E-state index is 0.342. The van der Waals surface area contributed by atoms with E-state index in [9.17, 15) is 5.11 Å². The van der Waals surface area contributed by atoms with Gasteiger partial charge in [-0.3, -0.25) is 0 Å². The Labute approximate surface area is 90.2 Å². The quantitative estimate of drug-likeness (QED) is 0.761. The van der Waals surface area contributed by atoms with Gasteiger partial charge in [0.15, 0.2) is 0 Å². The van der Waals surface area contributed by atoms with Crippen molar-refractivity contribution < 1.29 is 9.84 Å². The van der Waals surface area contributed by atoms with E-state index in [1.807, 2.05) is 30.3 Å². The summed E-state index contributed by atoms with van der Waals surface area (Å²) in [5.41, 5.74) is 2.30. The Morgan fingerprint density at radius 3 is 2.93 bits per heavy atom. The molecule has 0 amide bonds. The number of rotatable bonds is 1. The van der Waals surface area contributed by atoms with Gasteiger partial charge >= 0.3 is 0 Å². The topological polar surface area (TPSA) is 29.5 Å². The molecular weight excluding hydrogens is 188 g/mol. The Morgan fingerprint density at radius 2 is 2.20 bits per heavy atom. The van der Waals surface area contributed by atoms with Crippen molar-refractivity contribution in [2.45, 2.75) is 20.0 Å². The van der Waals surface area contributed by atoms with Crippen LogP contribution in [-0.4, -0.2) is 17.8 Å². The first-order valence-corrected chi connectivity index (χ1v) is 5.30. The van der Waals surface area contributed by atoms with Crippen LogP contribution in [0.3, 0.4) is 0 Å². The highest BCUT2D eigenvalue weighted by Gasteiger charge is 2.21. The van der Waals surface area contributed by atoms with Crippen LogP contribution >= 0.6 is 0 Å². The molecule has 80 valence electrons. The molecule has 0 aliphatic carbocycles. The summed E-state index contributed by atoms with van der Waals surface area (Å²) in [5.74, 6) is 1.26. The molecule has 0 bridgehead atoms. The van der Waals surface area contributed by atoms with Crippen LogP contribution < -0.4 is 4.74 Å². The minimum atomic E-state index is -0.409. The van der Waals surface area contributed by atoms with Crippen molar-refractivity contribution >= 4 is 5.57 Å². The lowest BCUT2D eigenvalue weighted by Crippen LogP contribution is -2.18. The van der Waals surface area contributed by atoms with Crippen LogP contribution in [0.5, 0.6) is 5.75 Å². The van der Waals surface area contributed by atoms with Crippen LogP contribution in [0.25, 0.3) is 5.57 Å². The second kappa shape index (κ2) is 4.07. The lowest BCUT2D eigenvalue weighted by Gasteiger charge is -2.26. The average molecular weight is 204 g/mol. The van der Waals surface area contributed by atoms with E-state index in [1.165, 1.54) is 5.57 Å². The molecule has 1 heterocycles. The van der Waals surface area contributed by atoms with Gasteiger partial charge < -0.3 is 9.84 Å². The van der Waals surface area contributed by atoms with E-state index in [-0.39, 0.29) is 0 Å². The van der Waals surface area contributed by atoms with Crippen molar-refractivity contribution in [3.63, 3.8) is 0 Å².